The SMILES string of the molecule is Cc1cc(C)c(C[P@](C)(=O)Cl)c(C)c1. The van der Waals surface area contributed by atoms with E-state index in [0.29, 0.717) is 6.16 Å². The summed E-state index contributed by atoms with van der Waals surface area (Å²) in [5.74, 6) is 0. The molecule has 0 aliphatic carbocycles. The van der Waals surface area contributed by atoms with Crippen molar-refractivity contribution in [3.63, 3.8) is 0 Å². The van der Waals surface area contributed by atoms with Crippen molar-refractivity contribution < 1.29 is 4.57 Å². The Morgan fingerprint density at radius 3 is 2.00 bits per heavy atom. The van der Waals surface area contributed by atoms with Crippen LogP contribution < -0.4 is 0 Å². The summed E-state index contributed by atoms with van der Waals surface area (Å²) in [6.45, 7) is 5.29. The lowest BCUT2D eigenvalue weighted by Crippen LogP contribution is -1.94. The van der Waals surface area contributed by atoms with Gasteiger partial charge in [0.25, 0.3) is 0 Å². The van der Waals surface area contributed by atoms with Crippen LogP contribution in [-0.2, 0) is 10.7 Å². The maximum atomic E-state index is 11.5. The third-order valence-electron chi connectivity index (χ3n) is 2.28. The Hall–Kier alpha value is -0.260. The highest BCUT2D eigenvalue weighted by Gasteiger charge is 2.14. The molecule has 0 aliphatic rings. The van der Waals surface area contributed by atoms with Gasteiger partial charge in [0, 0.05) is 12.8 Å². The minimum Gasteiger partial charge on any atom is -0.307 e. The van der Waals surface area contributed by atoms with Crippen molar-refractivity contribution >= 4 is 17.7 Å². The zero-order chi connectivity index (χ0) is 10.9. The van der Waals surface area contributed by atoms with Gasteiger partial charge < -0.3 is 4.57 Å². The van der Waals surface area contributed by atoms with Crippen LogP contribution in [0.15, 0.2) is 12.1 Å². The summed E-state index contributed by atoms with van der Waals surface area (Å²) in [6, 6.07) is 4.21. The normalized spacial score (nSPS) is 15.2. The van der Waals surface area contributed by atoms with E-state index in [1.54, 1.807) is 6.66 Å². The first-order valence-electron chi connectivity index (χ1n) is 4.62. The Bertz CT molecular complexity index is 369. The molecule has 3 heteroatoms. The highest BCUT2D eigenvalue weighted by Crippen LogP contribution is 2.51. The number of hydrogen-bond acceptors (Lipinski definition) is 1. The third kappa shape index (κ3) is 3.15. The summed E-state index contributed by atoms with van der Waals surface area (Å²) >= 11 is 5.81. The molecule has 0 aromatic heterocycles. The maximum Gasteiger partial charge on any atom is 0.170 e. The Labute approximate surface area is 90.6 Å². The summed E-state index contributed by atoms with van der Waals surface area (Å²) in [7, 11) is 0. The summed E-state index contributed by atoms with van der Waals surface area (Å²) in [5, 5.41) is 0. The monoisotopic (exact) mass is 230 g/mol. The van der Waals surface area contributed by atoms with Gasteiger partial charge in [0.2, 0.25) is 0 Å². The van der Waals surface area contributed by atoms with Crippen molar-refractivity contribution in [1.29, 1.82) is 0 Å². The van der Waals surface area contributed by atoms with Crippen LogP contribution in [0.4, 0.5) is 0 Å². The zero-order valence-electron chi connectivity index (χ0n) is 9.10. The molecule has 0 radical (unpaired) electrons. The molecular formula is C11H16ClOP. The first-order chi connectivity index (χ1) is 6.29. The minimum absolute atomic E-state index is 0.493. The van der Waals surface area contributed by atoms with E-state index in [1.165, 1.54) is 16.7 Å². The molecule has 1 nitrogen and oxygen atoms in total. The molecule has 78 valence electrons. The molecule has 1 aromatic carbocycles. The number of rotatable bonds is 2. The molecule has 0 saturated heterocycles. The fourth-order valence-corrected chi connectivity index (χ4v) is 3.16. The highest BCUT2D eigenvalue weighted by molar-refractivity contribution is 7.87. The van der Waals surface area contributed by atoms with Crippen LogP contribution in [0, 0.1) is 20.8 Å². The molecule has 0 bridgehead atoms. The lowest BCUT2D eigenvalue weighted by Gasteiger charge is -2.12. The van der Waals surface area contributed by atoms with E-state index in [-0.39, 0.29) is 0 Å². The first kappa shape index (κ1) is 11.8. The van der Waals surface area contributed by atoms with Crippen LogP contribution >= 0.6 is 17.7 Å². The van der Waals surface area contributed by atoms with E-state index in [2.05, 4.69) is 19.1 Å². The Balaban J connectivity index is 3.15. The van der Waals surface area contributed by atoms with Gasteiger partial charge in [0.1, 0.15) is 0 Å². The predicted molar refractivity (Wildman–Crippen MR) is 63.7 cm³/mol. The van der Waals surface area contributed by atoms with E-state index >= 15 is 0 Å². The van der Waals surface area contributed by atoms with Gasteiger partial charge in [-0.05, 0) is 37.5 Å². The second-order valence-corrected chi connectivity index (χ2v) is 8.45. The van der Waals surface area contributed by atoms with Crippen molar-refractivity contribution in [2.75, 3.05) is 6.66 Å². The van der Waals surface area contributed by atoms with Crippen molar-refractivity contribution in [2.24, 2.45) is 0 Å². The lowest BCUT2D eigenvalue weighted by atomic mass is 10.0. The van der Waals surface area contributed by atoms with Crippen LogP contribution in [0.25, 0.3) is 0 Å². The van der Waals surface area contributed by atoms with Gasteiger partial charge in [0.05, 0.1) is 0 Å². The van der Waals surface area contributed by atoms with Crippen molar-refractivity contribution in [3.05, 3.63) is 34.4 Å². The zero-order valence-corrected chi connectivity index (χ0v) is 10.7. The number of hydrogen-bond donors (Lipinski definition) is 0. The summed E-state index contributed by atoms with van der Waals surface area (Å²) in [4.78, 5) is 0. The van der Waals surface area contributed by atoms with Crippen LogP contribution in [0.1, 0.15) is 22.3 Å². The second-order valence-electron chi connectivity index (χ2n) is 4.02. The summed E-state index contributed by atoms with van der Waals surface area (Å²) < 4.78 is 11.5. The van der Waals surface area contributed by atoms with E-state index in [9.17, 15) is 4.57 Å². The van der Waals surface area contributed by atoms with Crippen molar-refractivity contribution in [3.8, 4) is 0 Å². The van der Waals surface area contributed by atoms with Gasteiger partial charge >= 0.3 is 0 Å². The molecule has 1 rings (SSSR count). The quantitative estimate of drug-likeness (QED) is 0.694. The summed E-state index contributed by atoms with van der Waals surface area (Å²) in [5.41, 5.74) is 4.75. The van der Waals surface area contributed by atoms with Gasteiger partial charge in [-0.3, -0.25) is 0 Å². The molecule has 1 aromatic rings. The lowest BCUT2D eigenvalue weighted by molar-refractivity contribution is 0.587. The smallest absolute Gasteiger partial charge is 0.170 e. The topological polar surface area (TPSA) is 17.1 Å². The molecule has 0 amide bonds. The van der Waals surface area contributed by atoms with Crippen LogP contribution in [0.5, 0.6) is 0 Å². The summed E-state index contributed by atoms with van der Waals surface area (Å²) in [6.07, 6.45) is 0.493. The molecule has 14 heavy (non-hydrogen) atoms. The second kappa shape index (κ2) is 4.08. The largest absolute Gasteiger partial charge is 0.307 e. The van der Waals surface area contributed by atoms with E-state index in [1.807, 2.05) is 13.8 Å². The maximum absolute atomic E-state index is 11.5. The molecule has 0 unspecified atom stereocenters. The molecule has 0 spiro atoms. The van der Waals surface area contributed by atoms with Gasteiger partial charge in [-0.25, -0.2) is 0 Å². The molecule has 0 aliphatic heterocycles. The van der Waals surface area contributed by atoms with E-state index < -0.39 is 6.49 Å². The van der Waals surface area contributed by atoms with Gasteiger partial charge in [-0.1, -0.05) is 28.9 Å². The van der Waals surface area contributed by atoms with E-state index in [4.69, 9.17) is 11.2 Å². The van der Waals surface area contributed by atoms with Crippen LogP contribution in [0.3, 0.4) is 0 Å². The standard InChI is InChI=1S/C11H16ClOP/c1-8-5-9(2)11(10(3)6-8)7-14(4,12)13/h5-6H,7H2,1-4H3/t14-/m0/s1. The highest BCUT2D eigenvalue weighted by atomic mass is 35.7. The Morgan fingerprint density at radius 2 is 1.64 bits per heavy atom. The molecule has 0 heterocycles. The van der Waals surface area contributed by atoms with Gasteiger partial charge in [-0.2, -0.15) is 0 Å². The first-order valence-corrected chi connectivity index (χ1v) is 7.87. The number of benzene rings is 1. The Morgan fingerprint density at radius 1 is 1.21 bits per heavy atom. The van der Waals surface area contributed by atoms with Crippen molar-refractivity contribution in [2.45, 2.75) is 26.9 Å². The number of halogens is 1. The van der Waals surface area contributed by atoms with Crippen LogP contribution in [0.2, 0.25) is 0 Å². The predicted octanol–water partition coefficient (Wildman–Crippen LogP) is 4.26. The van der Waals surface area contributed by atoms with E-state index in [0.717, 1.165) is 5.56 Å². The fourth-order valence-electron chi connectivity index (χ4n) is 1.74. The fraction of sp³-hybridized carbons (Fsp3) is 0.455. The third-order valence-corrected chi connectivity index (χ3v) is 3.52. The van der Waals surface area contributed by atoms with Crippen LogP contribution in [-0.4, -0.2) is 6.66 Å². The average molecular weight is 231 g/mol. The Kier molecular flexibility index (Phi) is 3.44. The molecular weight excluding hydrogens is 215 g/mol. The van der Waals surface area contributed by atoms with Gasteiger partial charge in [0.15, 0.2) is 6.49 Å². The average Bonchev–Trinajstić information content (AvgIpc) is 1.95. The molecule has 1 atom stereocenters. The van der Waals surface area contributed by atoms with Gasteiger partial charge in [-0.15, -0.1) is 0 Å². The number of aryl methyl sites for hydroxylation is 3. The molecule has 0 saturated carbocycles. The molecule has 0 fully saturated rings. The molecule has 0 N–H and O–H groups in total. The van der Waals surface area contributed by atoms with Crippen molar-refractivity contribution in [1.82, 2.24) is 0 Å². The minimum atomic E-state index is -2.48.